The molecule has 0 radical (unpaired) electrons. The summed E-state index contributed by atoms with van der Waals surface area (Å²) in [5.41, 5.74) is 0. The third-order valence-electron chi connectivity index (χ3n) is 0.480. The van der Waals surface area contributed by atoms with Crippen molar-refractivity contribution >= 4 is 6.09 Å². The van der Waals surface area contributed by atoms with Gasteiger partial charge in [0.15, 0.2) is 0 Å². The molecule has 50 valence electrons. The predicted molar refractivity (Wildman–Crippen MR) is 32.8 cm³/mol. The van der Waals surface area contributed by atoms with Gasteiger partial charge in [-0.3, -0.25) is 0 Å². The van der Waals surface area contributed by atoms with Gasteiger partial charge in [-0.1, -0.05) is 7.43 Å². The lowest BCUT2D eigenvalue weighted by Crippen LogP contribution is -2.18. The third-order valence-corrected chi connectivity index (χ3v) is 0.480. The Bertz CT molecular complexity index is 63.4. The zero-order valence-electron chi connectivity index (χ0n) is 4.52. The standard InChI is InChI=1S/C4H9NO2.CH4/c1-3-7-4(6)5-2;/h3H2,1-2H3,(H,5,6);1H4. The van der Waals surface area contributed by atoms with E-state index in [9.17, 15) is 4.79 Å². The molecular weight excluding hydrogens is 106 g/mol. The summed E-state index contributed by atoms with van der Waals surface area (Å²) in [6.07, 6.45) is -0.373. The van der Waals surface area contributed by atoms with Gasteiger partial charge in [-0.2, -0.15) is 0 Å². The number of hydrogen-bond acceptors (Lipinski definition) is 2. The van der Waals surface area contributed by atoms with Crippen LogP contribution in [0.5, 0.6) is 0 Å². The zero-order chi connectivity index (χ0) is 5.70. The maximum absolute atomic E-state index is 10.1. The van der Waals surface area contributed by atoms with E-state index in [1.807, 2.05) is 0 Å². The topological polar surface area (TPSA) is 38.3 Å². The monoisotopic (exact) mass is 119 g/mol. The summed E-state index contributed by atoms with van der Waals surface area (Å²) >= 11 is 0. The molecule has 0 fully saturated rings. The summed E-state index contributed by atoms with van der Waals surface area (Å²) in [7, 11) is 1.53. The van der Waals surface area contributed by atoms with Gasteiger partial charge in [0.2, 0.25) is 0 Å². The number of alkyl carbamates (subject to hydrolysis) is 1. The second-order valence-electron chi connectivity index (χ2n) is 0.970. The minimum Gasteiger partial charge on any atom is -0.450 e. The average Bonchev–Trinajstić information content (AvgIpc) is 1.68. The van der Waals surface area contributed by atoms with Gasteiger partial charge in [-0.15, -0.1) is 0 Å². The Morgan fingerprint density at radius 1 is 1.75 bits per heavy atom. The van der Waals surface area contributed by atoms with Crippen molar-refractivity contribution in [1.82, 2.24) is 5.32 Å². The van der Waals surface area contributed by atoms with Gasteiger partial charge in [0, 0.05) is 7.05 Å². The van der Waals surface area contributed by atoms with Gasteiger partial charge >= 0.3 is 6.09 Å². The van der Waals surface area contributed by atoms with Crippen LogP contribution in [0.4, 0.5) is 4.79 Å². The van der Waals surface area contributed by atoms with Crippen LogP contribution in [0.25, 0.3) is 0 Å². The summed E-state index contributed by atoms with van der Waals surface area (Å²) in [5, 5.41) is 2.30. The number of hydrogen-bond donors (Lipinski definition) is 1. The SMILES string of the molecule is C.CCOC(=O)NC. The number of carbonyl (C=O) groups is 1. The second kappa shape index (κ2) is 6.27. The molecule has 0 rings (SSSR count). The van der Waals surface area contributed by atoms with Crippen LogP contribution in [0.1, 0.15) is 14.4 Å². The molecule has 0 aromatic carbocycles. The average molecular weight is 119 g/mol. The van der Waals surface area contributed by atoms with Gasteiger partial charge in [0.25, 0.3) is 0 Å². The predicted octanol–water partition coefficient (Wildman–Crippen LogP) is 0.998. The van der Waals surface area contributed by atoms with E-state index in [1.165, 1.54) is 7.05 Å². The number of nitrogens with one attached hydrogen (secondary N) is 1. The molecule has 0 unspecified atom stereocenters. The van der Waals surface area contributed by atoms with Crippen LogP contribution in [0.3, 0.4) is 0 Å². The van der Waals surface area contributed by atoms with Crippen molar-refractivity contribution in [1.29, 1.82) is 0 Å². The molecular formula is C5H13NO2. The molecule has 1 amide bonds. The highest BCUT2D eigenvalue weighted by atomic mass is 16.5. The van der Waals surface area contributed by atoms with E-state index in [0.29, 0.717) is 6.61 Å². The Morgan fingerprint density at radius 2 is 2.25 bits per heavy atom. The van der Waals surface area contributed by atoms with E-state index in [2.05, 4.69) is 10.1 Å². The van der Waals surface area contributed by atoms with E-state index < -0.39 is 0 Å². The molecule has 8 heavy (non-hydrogen) atoms. The first-order valence-corrected chi connectivity index (χ1v) is 2.15. The molecule has 1 N–H and O–H groups in total. The van der Waals surface area contributed by atoms with Crippen molar-refractivity contribution in [3.63, 3.8) is 0 Å². The maximum atomic E-state index is 10.1. The van der Waals surface area contributed by atoms with Gasteiger partial charge in [-0.05, 0) is 6.92 Å². The molecule has 0 aliphatic carbocycles. The highest BCUT2D eigenvalue weighted by Crippen LogP contribution is 1.70. The molecule has 0 saturated heterocycles. The third kappa shape index (κ3) is 5.27. The first kappa shape index (κ1) is 10.3. The molecule has 3 nitrogen and oxygen atoms in total. The molecule has 0 aromatic rings. The van der Waals surface area contributed by atoms with Crippen molar-refractivity contribution in [2.75, 3.05) is 13.7 Å². The quantitative estimate of drug-likeness (QED) is 0.559. The fourth-order valence-corrected chi connectivity index (χ4v) is 0.203. The van der Waals surface area contributed by atoms with E-state index in [4.69, 9.17) is 0 Å². The van der Waals surface area contributed by atoms with Gasteiger partial charge in [0.1, 0.15) is 0 Å². The minimum absolute atomic E-state index is 0. The fourth-order valence-electron chi connectivity index (χ4n) is 0.203. The zero-order valence-corrected chi connectivity index (χ0v) is 4.52. The van der Waals surface area contributed by atoms with Crippen LogP contribution in [-0.2, 0) is 4.74 Å². The molecule has 0 aromatic heterocycles. The van der Waals surface area contributed by atoms with Crippen molar-refractivity contribution in [2.45, 2.75) is 14.4 Å². The molecule has 0 aliphatic rings. The lowest BCUT2D eigenvalue weighted by atomic mass is 10.9. The minimum atomic E-state index is -0.373. The van der Waals surface area contributed by atoms with E-state index >= 15 is 0 Å². The lowest BCUT2D eigenvalue weighted by molar-refractivity contribution is 0.154. The maximum Gasteiger partial charge on any atom is 0.406 e. The lowest BCUT2D eigenvalue weighted by Gasteiger charge is -1.95. The normalized spacial score (nSPS) is 6.75. The Balaban J connectivity index is 0. The van der Waals surface area contributed by atoms with Gasteiger partial charge in [0.05, 0.1) is 6.61 Å². The van der Waals surface area contributed by atoms with Crippen LogP contribution < -0.4 is 5.32 Å². The molecule has 0 spiro atoms. The number of ether oxygens (including phenoxy) is 1. The van der Waals surface area contributed by atoms with Gasteiger partial charge in [-0.25, -0.2) is 4.79 Å². The van der Waals surface area contributed by atoms with E-state index in [-0.39, 0.29) is 13.5 Å². The van der Waals surface area contributed by atoms with Crippen LogP contribution in [0.2, 0.25) is 0 Å². The Labute approximate surface area is 50.0 Å². The van der Waals surface area contributed by atoms with Gasteiger partial charge < -0.3 is 10.1 Å². The van der Waals surface area contributed by atoms with E-state index in [1.54, 1.807) is 6.92 Å². The molecule has 0 heterocycles. The van der Waals surface area contributed by atoms with Crippen LogP contribution in [0, 0.1) is 0 Å². The largest absolute Gasteiger partial charge is 0.450 e. The fraction of sp³-hybridized carbons (Fsp3) is 0.800. The van der Waals surface area contributed by atoms with Crippen molar-refractivity contribution in [2.24, 2.45) is 0 Å². The summed E-state index contributed by atoms with van der Waals surface area (Å²) < 4.78 is 4.44. The smallest absolute Gasteiger partial charge is 0.406 e. The van der Waals surface area contributed by atoms with Crippen molar-refractivity contribution in [3.05, 3.63) is 0 Å². The molecule has 0 aliphatic heterocycles. The van der Waals surface area contributed by atoms with Crippen molar-refractivity contribution < 1.29 is 9.53 Å². The second-order valence-corrected chi connectivity index (χ2v) is 0.970. The molecule has 3 heteroatoms. The molecule has 0 bridgehead atoms. The number of rotatable bonds is 1. The van der Waals surface area contributed by atoms with E-state index in [0.717, 1.165) is 0 Å². The Morgan fingerprint density at radius 3 is 2.38 bits per heavy atom. The summed E-state index contributed by atoms with van der Waals surface area (Å²) in [6, 6.07) is 0. The molecule has 0 saturated carbocycles. The highest BCUT2D eigenvalue weighted by Gasteiger charge is 1.89. The summed E-state index contributed by atoms with van der Waals surface area (Å²) in [4.78, 5) is 10.1. The number of amides is 1. The summed E-state index contributed by atoms with van der Waals surface area (Å²) in [5.74, 6) is 0. The Hall–Kier alpha value is -0.730. The highest BCUT2D eigenvalue weighted by molar-refractivity contribution is 5.66. The van der Waals surface area contributed by atoms with Crippen molar-refractivity contribution in [3.8, 4) is 0 Å². The first-order chi connectivity index (χ1) is 3.31. The first-order valence-electron chi connectivity index (χ1n) is 2.15. The van der Waals surface area contributed by atoms with Crippen LogP contribution in [-0.4, -0.2) is 19.7 Å². The Kier molecular flexibility index (Phi) is 8.07. The van der Waals surface area contributed by atoms with Crippen LogP contribution in [0.15, 0.2) is 0 Å². The molecule has 0 atom stereocenters. The summed E-state index contributed by atoms with van der Waals surface area (Å²) in [6.45, 7) is 2.19. The van der Waals surface area contributed by atoms with Crippen LogP contribution >= 0.6 is 0 Å². The number of carbonyl (C=O) groups excluding carboxylic acids is 1.